The smallest absolute Gasteiger partial charge is 0.123 e. The minimum absolute atomic E-state index is 0.221. The molecule has 0 amide bonds. The normalized spacial score (nSPS) is 11.0. The minimum atomic E-state index is 0.221. The van der Waals surface area contributed by atoms with E-state index in [1.165, 1.54) is 16.5 Å². The summed E-state index contributed by atoms with van der Waals surface area (Å²) in [6.07, 6.45) is 2.15. The molecular formula is C18H19NO2. The fourth-order valence-corrected chi connectivity index (χ4v) is 2.59. The number of hydrogen-bond acceptors (Lipinski definition) is 2. The van der Waals surface area contributed by atoms with Crippen LogP contribution in [0.25, 0.3) is 10.9 Å². The van der Waals surface area contributed by atoms with E-state index < -0.39 is 0 Å². The van der Waals surface area contributed by atoms with E-state index in [1.807, 2.05) is 6.07 Å². The van der Waals surface area contributed by atoms with E-state index in [-0.39, 0.29) is 5.75 Å². The molecule has 3 aromatic rings. The monoisotopic (exact) mass is 281 g/mol. The van der Waals surface area contributed by atoms with Crippen LogP contribution in [0.15, 0.2) is 48.7 Å². The van der Waals surface area contributed by atoms with Crippen molar-refractivity contribution in [3.8, 4) is 11.5 Å². The number of rotatable bonds is 4. The van der Waals surface area contributed by atoms with Gasteiger partial charge in [0.25, 0.3) is 0 Å². The summed E-state index contributed by atoms with van der Waals surface area (Å²) < 4.78 is 8.04. The Hall–Kier alpha value is -2.42. The highest BCUT2D eigenvalue weighted by Gasteiger charge is 2.08. The minimum Gasteiger partial charge on any atom is -0.508 e. The quantitative estimate of drug-likeness (QED) is 0.775. The molecule has 0 saturated heterocycles. The number of ether oxygens (including phenoxy) is 1. The second-order valence-corrected chi connectivity index (χ2v) is 5.25. The third kappa shape index (κ3) is 2.72. The predicted octanol–water partition coefficient (Wildman–Crippen LogP) is 4.25. The molecule has 0 aliphatic heterocycles. The molecule has 0 fully saturated rings. The predicted molar refractivity (Wildman–Crippen MR) is 84.8 cm³/mol. The lowest BCUT2D eigenvalue weighted by Crippen LogP contribution is -1.95. The van der Waals surface area contributed by atoms with E-state index >= 15 is 0 Å². The van der Waals surface area contributed by atoms with Gasteiger partial charge in [-0.2, -0.15) is 0 Å². The van der Waals surface area contributed by atoms with Crippen molar-refractivity contribution in [2.24, 2.45) is 0 Å². The first-order valence-electron chi connectivity index (χ1n) is 7.17. The molecule has 0 bridgehead atoms. The highest BCUT2D eigenvalue weighted by Crippen LogP contribution is 2.25. The van der Waals surface area contributed by atoms with E-state index in [1.54, 1.807) is 18.2 Å². The van der Waals surface area contributed by atoms with Crippen LogP contribution in [0.4, 0.5) is 0 Å². The van der Waals surface area contributed by atoms with Crippen molar-refractivity contribution in [2.75, 3.05) is 0 Å². The maximum atomic E-state index is 9.47. The van der Waals surface area contributed by atoms with E-state index in [4.69, 9.17) is 4.74 Å². The summed E-state index contributed by atoms with van der Waals surface area (Å²) in [6.45, 7) is 5.68. The molecule has 2 aromatic carbocycles. The van der Waals surface area contributed by atoms with Gasteiger partial charge in [0, 0.05) is 35.3 Å². The van der Waals surface area contributed by atoms with Crippen molar-refractivity contribution in [1.82, 2.24) is 4.57 Å². The zero-order valence-electron chi connectivity index (χ0n) is 12.3. The third-order valence-electron chi connectivity index (χ3n) is 3.67. The number of hydrogen-bond donors (Lipinski definition) is 1. The van der Waals surface area contributed by atoms with Gasteiger partial charge in [0.05, 0.1) is 0 Å². The molecule has 0 aliphatic carbocycles. The molecule has 3 nitrogen and oxygen atoms in total. The highest BCUT2D eigenvalue weighted by molar-refractivity contribution is 5.84. The maximum Gasteiger partial charge on any atom is 0.123 e. The summed E-state index contributed by atoms with van der Waals surface area (Å²) in [5, 5.41) is 10.7. The molecule has 0 radical (unpaired) electrons. The van der Waals surface area contributed by atoms with Crippen LogP contribution in [-0.2, 0) is 13.2 Å². The lowest BCUT2D eigenvalue weighted by Gasteiger charge is -2.05. The van der Waals surface area contributed by atoms with E-state index in [9.17, 15) is 5.11 Å². The van der Waals surface area contributed by atoms with E-state index in [0.29, 0.717) is 12.4 Å². The SMILES string of the molecule is CCn1cc(COc2cccc(O)c2)c2ccc(C)cc21. The largest absolute Gasteiger partial charge is 0.508 e. The van der Waals surface area contributed by atoms with Crippen molar-refractivity contribution >= 4 is 10.9 Å². The molecule has 1 heterocycles. The molecule has 108 valence electrons. The third-order valence-corrected chi connectivity index (χ3v) is 3.67. The Balaban J connectivity index is 1.90. The number of aromatic nitrogens is 1. The van der Waals surface area contributed by atoms with Gasteiger partial charge in [0.15, 0.2) is 0 Å². The Morgan fingerprint density at radius 3 is 2.76 bits per heavy atom. The van der Waals surface area contributed by atoms with Gasteiger partial charge >= 0.3 is 0 Å². The zero-order valence-corrected chi connectivity index (χ0v) is 12.3. The van der Waals surface area contributed by atoms with Gasteiger partial charge in [-0.15, -0.1) is 0 Å². The molecule has 0 spiro atoms. The van der Waals surface area contributed by atoms with E-state index in [2.05, 4.69) is 42.8 Å². The molecular weight excluding hydrogens is 262 g/mol. The Bertz CT molecular complexity index is 774. The lowest BCUT2D eigenvalue weighted by atomic mass is 10.1. The first-order valence-corrected chi connectivity index (χ1v) is 7.17. The molecule has 1 aromatic heterocycles. The first kappa shape index (κ1) is 13.6. The molecule has 0 unspecified atom stereocenters. The van der Waals surface area contributed by atoms with Crippen molar-refractivity contribution in [3.05, 3.63) is 59.8 Å². The van der Waals surface area contributed by atoms with Crippen molar-refractivity contribution in [1.29, 1.82) is 0 Å². The van der Waals surface area contributed by atoms with Gasteiger partial charge < -0.3 is 14.4 Å². The molecule has 0 saturated carbocycles. The molecule has 0 aliphatic rings. The summed E-state index contributed by atoms with van der Waals surface area (Å²) in [5.74, 6) is 0.902. The molecule has 3 rings (SSSR count). The van der Waals surface area contributed by atoms with Gasteiger partial charge in [0.2, 0.25) is 0 Å². The second-order valence-electron chi connectivity index (χ2n) is 5.25. The fraction of sp³-hybridized carbons (Fsp3) is 0.222. The summed E-state index contributed by atoms with van der Waals surface area (Å²) in [6, 6.07) is 13.4. The van der Waals surface area contributed by atoms with Gasteiger partial charge in [-0.3, -0.25) is 0 Å². The fourth-order valence-electron chi connectivity index (χ4n) is 2.59. The van der Waals surface area contributed by atoms with Crippen LogP contribution in [0, 0.1) is 6.92 Å². The molecule has 0 atom stereocenters. The number of phenols is 1. The molecule has 1 N–H and O–H groups in total. The standard InChI is InChI=1S/C18H19NO2/c1-3-19-11-14(17-8-7-13(2)9-18(17)19)12-21-16-6-4-5-15(20)10-16/h4-11,20H,3,12H2,1-2H3. The zero-order chi connectivity index (χ0) is 14.8. The average Bonchev–Trinajstić information content (AvgIpc) is 2.82. The number of benzene rings is 2. The summed E-state index contributed by atoms with van der Waals surface area (Å²) in [5.41, 5.74) is 3.66. The van der Waals surface area contributed by atoms with Crippen LogP contribution in [0.2, 0.25) is 0 Å². The number of fused-ring (bicyclic) bond motifs is 1. The second kappa shape index (κ2) is 5.52. The Morgan fingerprint density at radius 2 is 2.00 bits per heavy atom. The van der Waals surface area contributed by atoms with Crippen molar-refractivity contribution < 1.29 is 9.84 Å². The first-order chi connectivity index (χ1) is 10.2. The number of nitrogens with zero attached hydrogens (tertiary/aromatic N) is 1. The number of aryl methyl sites for hydroxylation is 2. The van der Waals surface area contributed by atoms with Crippen LogP contribution in [0.3, 0.4) is 0 Å². The van der Waals surface area contributed by atoms with Crippen LogP contribution in [0.1, 0.15) is 18.1 Å². The van der Waals surface area contributed by atoms with E-state index in [0.717, 1.165) is 12.1 Å². The Labute approximate surface area is 124 Å². The van der Waals surface area contributed by atoms with Crippen molar-refractivity contribution in [3.63, 3.8) is 0 Å². The molecule has 3 heteroatoms. The summed E-state index contributed by atoms with van der Waals surface area (Å²) in [4.78, 5) is 0. The number of aromatic hydroxyl groups is 1. The summed E-state index contributed by atoms with van der Waals surface area (Å²) in [7, 11) is 0. The Morgan fingerprint density at radius 1 is 1.14 bits per heavy atom. The van der Waals surface area contributed by atoms with Gasteiger partial charge in [0.1, 0.15) is 18.1 Å². The van der Waals surface area contributed by atoms with Gasteiger partial charge in [-0.25, -0.2) is 0 Å². The topological polar surface area (TPSA) is 34.4 Å². The average molecular weight is 281 g/mol. The lowest BCUT2D eigenvalue weighted by molar-refractivity contribution is 0.305. The van der Waals surface area contributed by atoms with Gasteiger partial charge in [-0.05, 0) is 37.6 Å². The molecule has 21 heavy (non-hydrogen) atoms. The Kier molecular flexibility index (Phi) is 3.57. The highest BCUT2D eigenvalue weighted by atomic mass is 16.5. The van der Waals surface area contributed by atoms with Crippen LogP contribution in [0.5, 0.6) is 11.5 Å². The number of phenolic OH excluding ortho intramolecular Hbond substituents is 1. The maximum absolute atomic E-state index is 9.47. The van der Waals surface area contributed by atoms with Crippen LogP contribution < -0.4 is 4.74 Å². The summed E-state index contributed by atoms with van der Waals surface area (Å²) >= 11 is 0. The van der Waals surface area contributed by atoms with Crippen LogP contribution in [-0.4, -0.2) is 9.67 Å². The van der Waals surface area contributed by atoms with Crippen LogP contribution >= 0.6 is 0 Å². The van der Waals surface area contributed by atoms with Crippen molar-refractivity contribution in [2.45, 2.75) is 27.0 Å². The van der Waals surface area contributed by atoms with Gasteiger partial charge in [-0.1, -0.05) is 18.2 Å².